The van der Waals surface area contributed by atoms with Crippen molar-refractivity contribution in [1.82, 2.24) is 0 Å². The summed E-state index contributed by atoms with van der Waals surface area (Å²) in [6.07, 6.45) is -1.97. The summed E-state index contributed by atoms with van der Waals surface area (Å²) in [4.78, 5) is 10.9. The molecule has 0 aromatic heterocycles. The quantitative estimate of drug-likeness (QED) is 0.413. The molecule has 5 heteroatoms. The van der Waals surface area contributed by atoms with Crippen molar-refractivity contribution in [3.63, 3.8) is 0 Å². The summed E-state index contributed by atoms with van der Waals surface area (Å²) in [5, 5.41) is 17.6. The van der Waals surface area contributed by atoms with Crippen LogP contribution in [0.5, 0.6) is 0 Å². The molecule has 1 rings (SSSR count). The van der Waals surface area contributed by atoms with Crippen LogP contribution >= 0.6 is 0 Å². The van der Waals surface area contributed by atoms with Gasteiger partial charge in [0.2, 0.25) is 0 Å². The molecule has 11 heavy (non-hydrogen) atoms. The molecule has 0 unspecified atom stereocenters. The highest BCUT2D eigenvalue weighted by atomic mass is 16.6. The zero-order chi connectivity index (χ0) is 8.43. The van der Waals surface area contributed by atoms with Crippen molar-refractivity contribution in [1.29, 1.82) is 0 Å². The summed E-state index contributed by atoms with van der Waals surface area (Å²) < 4.78 is 4.69. The summed E-state index contributed by atoms with van der Waals surface area (Å²) in [7, 11) is 0. The van der Waals surface area contributed by atoms with Crippen LogP contribution in [-0.2, 0) is 9.53 Å². The van der Waals surface area contributed by atoms with Crippen molar-refractivity contribution in [3.8, 4) is 0 Å². The van der Waals surface area contributed by atoms with E-state index in [9.17, 15) is 4.79 Å². The van der Waals surface area contributed by atoms with E-state index in [2.05, 4.69) is 0 Å². The van der Waals surface area contributed by atoms with Crippen LogP contribution in [0.3, 0.4) is 0 Å². The van der Waals surface area contributed by atoms with Crippen LogP contribution < -0.4 is 5.73 Å². The lowest BCUT2D eigenvalue weighted by Gasteiger charge is -2.28. The highest BCUT2D eigenvalue weighted by molar-refractivity contribution is 5.84. The van der Waals surface area contributed by atoms with Crippen LogP contribution in [0, 0.1) is 0 Å². The van der Waals surface area contributed by atoms with Gasteiger partial charge in [-0.25, -0.2) is 0 Å². The highest BCUT2D eigenvalue weighted by Crippen LogP contribution is 2.12. The van der Waals surface area contributed by atoms with E-state index in [0.29, 0.717) is 0 Å². The molecule has 0 saturated carbocycles. The molecule has 0 spiro atoms. The number of aliphatic hydroxyl groups is 2. The van der Waals surface area contributed by atoms with E-state index in [1.54, 1.807) is 0 Å². The molecule has 1 saturated heterocycles. The van der Waals surface area contributed by atoms with Gasteiger partial charge in [0.05, 0.1) is 12.6 Å². The maximum Gasteiger partial charge on any atom is 0.171 e. The first kappa shape index (κ1) is 8.61. The van der Waals surface area contributed by atoms with Gasteiger partial charge >= 0.3 is 0 Å². The summed E-state index contributed by atoms with van der Waals surface area (Å²) in [6.45, 7) is -0.400. The number of carbonyl (C=O) groups is 1. The molecule has 0 aromatic carbocycles. The molecule has 0 aromatic rings. The first-order valence-corrected chi connectivity index (χ1v) is 3.38. The largest absolute Gasteiger partial charge is 0.393 e. The van der Waals surface area contributed by atoms with Crippen molar-refractivity contribution >= 4 is 5.78 Å². The van der Waals surface area contributed by atoms with Crippen LogP contribution in [0.25, 0.3) is 0 Å². The number of ether oxygens (including phenoxy) is 1. The molecule has 1 heterocycles. The standard InChI is InChI=1S/C6H11NO4/c7-3-1-4(9)5(2-8)11-6(3)10/h3,5-6,8,10H,1-2,7H2/t3-,5-,6+/m1/s1. The summed E-state index contributed by atoms with van der Waals surface area (Å²) >= 11 is 0. The lowest BCUT2D eigenvalue weighted by Crippen LogP contribution is -2.50. The SMILES string of the molecule is N[C@@H]1CC(=O)[C@@H](CO)O[C@@H]1O. The molecular weight excluding hydrogens is 150 g/mol. The number of hydrogen-bond acceptors (Lipinski definition) is 5. The smallest absolute Gasteiger partial charge is 0.171 e. The van der Waals surface area contributed by atoms with Gasteiger partial charge in [-0.3, -0.25) is 4.79 Å². The third-order valence-corrected chi connectivity index (χ3v) is 1.63. The molecule has 0 amide bonds. The number of Topliss-reactive ketones (excluding diaryl/α,β-unsaturated/α-hetero) is 1. The molecule has 64 valence electrons. The summed E-state index contributed by atoms with van der Waals surface area (Å²) in [5.74, 6) is -0.259. The lowest BCUT2D eigenvalue weighted by atomic mass is 10.0. The second-order valence-electron chi connectivity index (χ2n) is 2.53. The van der Waals surface area contributed by atoms with Gasteiger partial charge in [0.1, 0.15) is 6.10 Å². The molecule has 0 aliphatic carbocycles. The number of nitrogens with two attached hydrogens (primary N) is 1. The Balaban J connectivity index is 2.55. The monoisotopic (exact) mass is 161 g/mol. The third kappa shape index (κ3) is 1.75. The molecule has 0 bridgehead atoms. The maximum atomic E-state index is 10.9. The van der Waals surface area contributed by atoms with Crippen molar-refractivity contribution < 1.29 is 19.7 Å². The van der Waals surface area contributed by atoms with Gasteiger partial charge in [-0.1, -0.05) is 0 Å². The number of carbonyl (C=O) groups excluding carboxylic acids is 1. The molecule has 3 atom stereocenters. The second-order valence-corrected chi connectivity index (χ2v) is 2.53. The molecule has 4 N–H and O–H groups in total. The molecule has 1 aliphatic rings. The number of ketones is 1. The molecule has 0 radical (unpaired) electrons. The van der Waals surface area contributed by atoms with Gasteiger partial charge in [-0.2, -0.15) is 0 Å². The topological polar surface area (TPSA) is 92.8 Å². The first-order valence-electron chi connectivity index (χ1n) is 3.38. The second kappa shape index (κ2) is 3.27. The van der Waals surface area contributed by atoms with E-state index < -0.39 is 25.0 Å². The first-order chi connectivity index (χ1) is 5.15. The van der Waals surface area contributed by atoms with Crippen LogP contribution in [0.15, 0.2) is 0 Å². The van der Waals surface area contributed by atoms with Gasteiger partial charge < -0.3 is 20.7 Å². The minimum absolute atomic E-state index is 0.0619. The van der Waals surface area contributed by atoms with Crippen LogP contribution in [0.1, 0.15) is 6.42 Å². The van der Waals surface area contributed by atoms with Gasteiger partial charge in [0.15, 0.2) is 12.1 Å². The van der Waals surface area contributed by atoms with Crippen molar-refractivity contribution in [2.45, 2.75) is 24.9 Å². The van der Waals surface area contributed by atoms with Gasteiger partial charge in [0, 0.05) is 6.42 Å². The fraction of sp³-hybridized carbons (Fsp3) is 0.833. The predicted octanol–water partition coefficient (Wildman–Crippen LogP) is -2.02. The zero-order valence-electron chi connectivity index (χ0n) is 5.93. The van der Waals surface area contributed by atoms with Gasteiger partial charge in [-0.15, -0.1) is 0 Å². The van der Waals surface area contributed by atoms with E-state index in [0.717, 1.165) is 0 Å². The fourth-order valence-electron chi connectivity index (χ4n) is 0.955. The van der Waals surface area contributed by atoms with Crippen LogP contribution in [0.4, 0.5) is 0 Å². The van der Waals surface area contributed by atoms with Crippen LogP contribution in [0.2, 0.25) is 0 Å². The van der Waals surface area contributed by atoms with Crippen molar-refractivity contribution in [2.24, 2.45) is 5.73 Å². The predicted molar refractivity (Wildman–Crippen MR) is 35.6 cm³/mol. The minimum Gasteiger partial charge on any atom is -0.393 e. The Kier molecular flexibility index (Phi) is 2.56. The Labute approximate surface area is 63.8 Å². The Morgan fingerprint density at radius 2 is 2.36 bits per heavy atom. The van der Waals surface area contributed by atoms with Crippen LogP contribution in [-0.4, -0.2) is 41.0 Å². The molecule has 1 aliphatic heterocycles. The van der Waals surface area contributed by atoms with Gasteiger partial charge in [-0.05, 0) is 0 Å². The normalized spacial score (nSPS) is 39.2. The third-order valence-electron chi connectivity index (χ3n) is 1.63. The summed E-state index contributed by atoms with van der Waals surface area (Å²) in [5.41, 5.74) is 5.31. The lowest BCUT2D eigenvalue weighted by molar-refractivity contribution is -0.187. The van der Waals surface area contributed by atoms with Gasteiger partial charge in [0.25, 0.3) is 0 Å². The molecular formula is C6H11NO4. The van der Waals surface area contributed by atoms with E-state index >= 15 is 0 Å². The van der Waals surface area contributed by atoms with E-state index in [1.165, 1.54) is 0 Å². The van der Waals surface area contributed by atoms with E-state index in [4.69, 9.17) is 20.7 Å². The highest BCUT2D eigenvalue weighted by Gasteiger charge is 2.33. The maximum absolute atomic E-state index is 10.9. The number of hydrogen-bond donors (Lipinski definition) is 3. The minimum atomic E-state index is -1.13. The Bertz CT molecular complexity index is 161. The average molecular weight is 161 g/mol. The Morgan fingerprint density at radius 1 is 1.73 bits per heavy atom. The Morgan fingerprint density at radius 3 is 2.91 bits per heavy atom. The van der Waals surface area contributed by atoms with E-state index in [1.807, 2.05) is 0 Å². The van der Waals surface area contributed by atoms with Crippen molar-refractivity contribution in [3.05, 3.63) is 0 Å². The molecule has 5 nitrogen and oxygen atoms in total. The number of aliphatic hydroxyl groups excluding tert-OH is 2. The number of rotatable bonds is 1. The fourth-order valence-corrected chi connectivity index (χ4v) is 0.955. The summed E-state index contributed by atoms with van der Waals surface area (Å²) in [6, 6.07) is -0.662. The Hall–Kier alpha value is -0.490. The average Bonchev–Trinajstić information content (AvgIpc) is 1.97. The molecule has 1 fully saturated rings. The zero-order valence-corrected chi connectivity index (χ0v) is 5.93. The van der Waals surface area contributed by atoms with E-state index in [-0.39, 0.29) is 12.2 Å². The van der Waals surface area contributed by atoms with Crippen molar-refractivity contribution in [2.75, 3.05) is 6.61 Å².